The van der Waals surface area contributed by atoms with E-state index in [2.05, 4.69) is 11.6 Å². The Morgan fingerprint density at radius 3 is 2.15 bits per heavy atom. The monoisotopic (exact) mass is 386 g/mol. The second-order valence-corrected chi connectivity index (χ2v) is 8.68. The van der Waals surface area contributed by atoms with Gasteiger partial charge in [0.05, 0.1) is 10.9 Å². The van der Waals surface area contributed by atoms with Crippen LogP contribution < -0.4 is 9.62 Å². The fourth-order valence-electron chi connectivity index (χ4n) is 3.01. The maximum absolute atomic E-state index is 13.0. The zero-order valence-electron chi connectivity index (χ0n) is 16.9. The van der Waals surface area contributed by atoms with E-state index >= 15 is 0 Å². The van der Waals surface area contributed by atoms with Gasteiger partial charge >= 0.3 is 0 Å². The number of rotatable bonds is 8. The smallest absolute Gasteiger partial charge is 0.241 e. The zero-order chi connectivity index (χ0) is 20.0. The minimum absolute atomic E-state index is 0.287. The molecule has 2 aromatic rings. The molecule has 1 N–H and O–H groups in total. The van der Waals surface area contributed by atoms with E-state index in [1.165, 1.54) is 0 Å². The van der Waals surface area contributed by atoms with Gasteiger partial charge < -0.3 is 4.90 Å². The minimum Gasteiger partial charge on any atom is -0.378 e. The van der Waals surface area contributed by atoms with E-state index in [9.17, 15) is 8.42 Å². The molecule has 0 saturated heterocycles. The largest absolute Gasteiger partial charge is 0.378 e. The normalized spacial score (nSPS) is 13.4. The molecule has 146 valence electrons. The lowest BCUT2D eigenvalue weighted by Crippen LogP contribution is -2.30. The summed E-state index contributed by atoms with van der Waals surface area (Å²) < 4.78 is 28.9. The molecule has 4 nitrogen and oxygen atoms in total. The first-order valence-corrected chi connectivity index (χ1v) is 10.8. The van der Waals surface area contributed by atoms with E-state index in [0.717, 1.165) is 35.2 Å². The van der Waals surface area contributed by atoms with Crippen molar-refractivity contribution in [2.24, 2.45) is 0 Å². The summed E-state index contributed by atoms with van der Waals surface area (Å²) in [5.74, 6) is 0. The Balaban J connectivity index is 2.42. The van der Waals surface area contributed by atoms with Gasteiger partial charge in [-0.25, -0.2) is 8.42 Å². The molecule has 0 aliphatic heterocycles. The van der Waals surface area contributed by atoms with Crippen molar-refractivity contribution in [3.63, 3.8) is 0 Å². The van der Waals surface area contributed by atoms with Crippen LogP contribution in [0.15, 0.2) is 65.1 Å². The molecule has 0 aliphatic carbocycles. The van der Waals surface area contributed by atoms with E-state index in [0.29, 0.717) is 0 Å². The average Bonchev–Trinajstić information content (AvgIpc) is 2.65. The molecule has 2 aromatic carbocycles. The minimum atomic E-state index is -3.63. The summed E-state index contributed by atoms with van der Waals surface area (Å²) in [7, 11) is 0.349. The highest BCUT2D eigenvalue weighted by molar-refractivity contribution is 7.89. The van der Waals surface area contributed by atoms with Gasteiger partial charge in [0, 0.05) is 19.8 Å². The van der Waals surface area contributed by atoms with Crippen LogP contribution in [-0.2, 0) is 10.0 Å². The van der Waals surface area contributed by atoms with Gasteiger partial charge in [-0.2, -0.15) is 4.72 Å². The molecular formula is C22H30N2O2S. The summed E-state index contributed by atoms with van der Waals surface area (Å²) in [5, 5.41) is 0. The van der Waals surface area contributed by atoms with Crippen LogP contribution in [0.3, 0.4) is 0 Å². The van der Waals surface area contributed by atoms with Crippen molar-refractivity contribution < 1.29 is 8.42 Å². The average molecular weight is 387 g/mol. The van der Waals surface area contributed by atoms with Crippen LogP contribution in [-0.4, -0.2) is 22.5 Å². The van der Waals surface area contributed by atoms with E-state index in [1.807, 2.05) is 75.3 Å². The van der Waals surface area contributed by atoms with E-state index in [-0.39, 0.29) is 10.9 Å². The Morgan fingerprint density at radius 1 is 1.07 bits per heavy atom. The molecule has 0 amide bonds. The topological polar surface area (TPSA) is 49.4 Å². The summed E-state index contributed by atoms with van der Waals surface area (Å²) >= 11 is 0. The fraction of sp³-hybridized carbons (Fsp3) is 0.364. The Morgan fingerprint density at radius 2 is 1.67 bits per heavy atom. The number of anilines is 1. The van der Waals surface area contributed by atoms with Crippen LogP contribution in [0, 0.1) is 6.92 Å². The molecule has 0 saturated carbocycles. The molecule has 0 fully saturated rings. The van der Waals surface area contributed by atoms with Gasteiger partial charge in [-0.05, 0) is 50.1 Å². The van der Waals surface area contributed by atoms with Gasteiger partial charge in [0.25, 0.3) is 0 Å². The number of hydrogen-bond donors (Lipinski definition) is 1. The summed E-state index contributed by atoms with van der Waals surface area (Å²) in [6.45, 7) is 6.01. The third-order valence-corrected chi connectivity index (χ3v) is 6.07. The molecule has 0 aliphatic rings. The number of nitrogens with zero attached hydrogens (tertiary/aromatic N) is 1. The van der Waals surface area contributed by atoms with E-state index in [4.69, 9.17) is 0 Å². The molecule has 1 unspecified atom stereocenters. The van der Waals surface area contributed by atoms with E-state index < -0.39 is 10.0 Å². The third kappa shape index (κ3) is 5.44. The predicted molar refractivity (Wildman–Crippen MR) is 114 cm³/mol. The number of nitrogens with one attached hydrogen (secondary N) is 1. The first-order valence-electron chi connectivity index (χ1n) is 9.30. The Bertz CT molecular complexity index is 868. The SMILES string of the molecule is CC=C(CCC)C(NS(=O)(=O)c1ccc(C)cc1)c1ccc(N(C)C)cc1. The third-order valence-electron chi connectivity index (χ3n) is 4.63. The molecule has 5 heteroatoms. The first kappa shape index (κ1) is 21.2. The Kier molecular flexibility index (Phi) is 7.22. The van der Waals surface area contributed by atoms with Crippen LogP contribution >= 0.6 is 0 Å². The highest BCUT2D eigenvalue weighted by Crippen LogP contribution is 2.29. The number of sulfonamides is 1. The summed E-state index contributed by atoms with van der Waals surface area (Å²) in [4.78, 5) is 2.31. The van der Waals surface area contributed by atoms with Crippen LogP contribution in [0.4, 0.5) is 5.69 Å². The number of allylic oxidation sites excluding steroid dienone is 1. The quantitative estimate of drug-likeness (QED) is 0.661. The van der Waals surface area contributed by atoms with Gasteiger partial charge in [-0.3, -0.25) is 0 Å². The van der Waals surface area contributed by atoms with Crippen molar-refractivity contribution in [2.45, 2.75) is 44.6 Å². The van der Waals surface area contributed by atoms with Crippen LogP contribution in [0.1, 0.15) is 43.9 Å². The fourth-order valence-corrected chi connectivity index (χ4v) is 4.24. The van der Waals surface area contributed by atoms with Crippen LogP contribution in [0.25, 0.3) is 0 Å². The summed E-state index contributed by atoms with van der Waals surface area (Å²) in [5.41, 5.74) is 4.13. The van der Waals surface area contributed by atoms with E-state index in [1.54, 1.807) is 12.1 Å². The van der Waals surface area contributed by atoms with Gasteiger partial charge in [0.15, 0.2) is 0 Å². The molecule has 0 spiro atoms. The van der Waals surface area contributed by atoms with Crippen molar-refractivity contribution in [1.29, 1.82) is 0 Å². The van der Waals surface area contributed by atoms with Gasteiger partial charge in [-0.15, -0.1) is 0 Å². The second-order valence-electron chi connectivity index (χ2n) is 6.97. The number of aryl methyl sites for hydroxylation is 1. The maximum atomic E-state index is 13.0. The standard InChI is InChI=1S/C22H30N2O2S/c1-6-8-18(7-2)22(19-11-13-20(14-12-19)24(4)5)23-27(25,26)21-15-9-17(3)10-16-21/h7,9-16,22-23H,6,8H2,1-5H3. The molecule has 1 atom stereocenters. The van der Waals surface area contributed by atoms with Gasteiger partial charge in [0.1, 0.15) is 0 Å². The van der Waals surface area contributed by atoms with Crippen molar-refractivity contribution in [2.75, 3.05) is 19.0 Å². The molecule has 0 heterocycles. The first-order chi connectivity index (χ1) is 12.8. The lowest BCUT2D eigenvalue weighted by Gasteiger charge is -2.23. The molecule has 2 rings (SSSR count). The summed E-state index contributed by atoms with van der Waals surface area (Å²) in [6.07, 6.45) is 3.82. The predicted octanol–water partition coefficient (Wildman–Crippen LogP) is 4.83. The lowest BCUT2D eigenvalue weighted by molar-refractivity contribution is 0.566. The van der Waals surface area contributed by atoms with Crippen molar-refractivity contribution in [3.8, 4) is 0 Å². The molecular weight excluding hydrogens is 356 g/mol. The van der Waals surface area contributed by atoms with Gasteiger partial charge in [-0.1, -0.05) is 54.8 Å². The van der Waals surface area contributed by atoms with Crippen molar-refractivity contribution in [3.05, 3.63) is 71.3 Å². The molecule has 0 bridgehead atoms. The van der Waals surface area contributed by atoms with Crippen LogP contribution in [0.2, 0.25) is 0 Å². The Labute approximate surface area is 164 Å². The van der Waals surface area contributed by atoms with Crippen LogP contribution in [0.5, 0.6) is 0 Å². The highest BCUT2D eigenvalue weighted by atomic mass is 32.2. The maximum Gasteiger partial charge on any atom is 0.241 e. The van der Waals surface area contributed by atoms with Crippen molar-refractivity contribution >= 4 is 15.7 Å². The zero-order valence-corrected chi connectivity index (χ0v) is 17.7. The van der Waals surface area contributed by atoms with Crippen molar-refractivity contribution in [1.82, 2.24) is 4.72 Å². The number of benzene rings is 2. The summed E-state index contributed by atoms with van der Waals surface area (Å²) in [6, 6.07) is 14.6. The van der Waals surface area contributed by atoms with Gasteiger partial charge in [0.2, 0.25) is 10.0 Å². The molecule has 0 aromatic heterocycles. The highest BCUT2D eigenvalue weighted by Gasteiger charge is 2.24. The Hall–Kier alpha value is -2.11. The lowest BCUT2D eigenvalue weighted by atomic mass is 9.96. The number of hydrogen-bond acceptors (Lipinski definition) is 3. The second kappa shape index (κ2) is 9.20. The molecule has 27 heavy (non-hydrogen) atoms. The molecule has 0 radical (unpaired) electrons.